The van der Waals surface area contributed by atoms with Crippen LogP contribution >= 0.6 is 0 Å². The maximum atomic E-state index is 5.23. The first-order chi connectivity index (χ1) is 5.43. The van der Waals surface area contributed by atoms with E-state index in [0.717, 1.165) is 12.2 Å². The van der Waals surface area contributed by atoms with E-state index >= 15 is 0 Å². The third-order valence-corrected chi connectivity index (χ3v) is 1.21. The van der Waals surface area contributed by atoms with Crippen molar-refractivity contribution in [1.29, 1.82) is 0 Å². The van der Waals surface area contributed by atoms with E-state index in [4.69, 9.17) is 4.74 Å². The molecule has 0 heterocycles. The molecule has 1 nitrogen and oxygen atoms in total. The van der Waals surface area contributed by atoms with E-state index in [9.17, 15) is 0 Å². The Kier molecular flexibility index (Phi) is 3.26. The maximum Gasteiger partial charge on any atom is 0.127 e. The summed E-state index contributed by atoms with van der Waals surface area (Å²) < 4.78 is 5.23. The molecule has 0 saturated heterocycles. The molecular weight excluding hydrogens is 136 g/mol. The number of ether oxygens (including phenoxy) is 1. The molecule has 11 heavy (non-hydrogen) atoms. The van der Waals surface area contributed by atoms with Crippen molar-refractivity contribution in [2.75, 3.05) is 0 Å². The lowest BCUT2D eigenvalue weighted by Crippen LogP contribution is -1.79. The fourth-order valence-electron chi connectivity index (χ4n) is 0.673. The molecule has 0 aliphatic carbocycles. The summed E-state index contributed by atoms with van der Waals surface area (Å²) in [5.41, 5.74) is 0. The Morgan fingerprint density at radius 3 is 3.18 bits per heavy atom. The molecule has 0 saturated carbocycles. The van der Waals surface area contributed by atoms with E-state index in [1.54, 1.807) is 12.3 Å². The molecule has 0 atom stereocenters. The van der Waals surface area contributed by atoms with Crippen molar-refractivity contribution >= 4 is 0 Å². The number of allylic oxidation sites excluding steroid dienone is 1. The second-order valence-electron chi connectivity index (χ2n) is 2.14. The summed E-state index contributed by atoms with van der Waals surface area (Å²) in [4.78, 5) is 0. The first-order valence-electron chi connectivity index (χ1n) is 3.71. The van der Waals surface area contributed by atoms with Crippen molar-refractivity contribution in [3.8, 4) is 5.75 Å². The van der Waals surface area contributed by atoms with Gasteiger partial charge in [-0.3, -0.25) is 0 Å². The van der Waals surface area contributed by atoms with Gasteiger partial charge in [0.2, 0.25) is 0 Å². The summed E-state index contributed by atoms with van der Waals surface area (Å²) in [6, 6.07) is 10.4. The van der Waals surface area contributed by atoms with Crippen molar-refractivity contribution in [3.05, 3.63) is 42.7 Å². The second kappa shape index (κ2) is 4.56. The number of rotatable bonds is 3. The van der Waals surface area contributed by atoms with Crippen molar-refractivity contribution in [1.82, 2.24) is 0 Å². The molecule has 0 fully saturated rings. The monoisotopic (exact) mass is 147 g/mol. The summed E-state index contributed by atoms with van der Waals surface area (Å²) in [5.74, 6) is 0.831. The SMILES string of the molecule is CC/C=C/Oc1c[c]ccc1. The quantitative estimate of drug-likeness (QED) is 0.597. The highest BCUT2D eigenvalue weighted by atomic mass is 16.5. The van der Waals surface area contributed by atoms with Crippen molar-refractivity contribution in [3.63, 3.8) is 0 Å². The van der Waals surface area contributed by atoms with Crippen LogP contribution in [0.15, 0.2) is 36.6 Å². The molecule has 0 aromatic heterocycles. The topological polar surface area (TPSA) is 9.23 Å². The maximum absolute atomic E-state index is 5.23. The van der Waals surface area contributed by atoms with E-state index in [0.29, 0.717) is 0 Å². The van der Waals surface area contributed by atoms with Crippen LogP contribution in [-0.2, 0) is 0 Å². The zero-order valence-electron chi connectivity index (χ0n) is 6.58. The lowest BCUT2D eigenvalue weighted by Gasteiger charge is -1.96. The average molecular weight is 147 g/mol. The van der Waals surface area contributed by atoms with E-state index in [-0.39, 0.29) is 0 Å². The van der Waals surface area contributed by atoms with Crippen LogP contribution in [0, 0.1) is 6.07 Å². The van der Waals surface area contributed by atoms with Crippen LogP contribution in [0.5, 0.6) is 5.75 Å². The Labute approximate surface area is 67.3 Å². The average Bonchev–Trinajstić information content (AvgIpc) is 2.07. The lowest BCUT2D eigenvalue weighted by molar-refractivity contribution is 0.479. The predicted octanol–water partition coefficient (Wildman–Crippen LogP) is 2.79. The standard InChI is InChI=1S/C10H11O/c1-2-3-9-11-10-7-5-4-6-8-10/h3-5,7-9H,2H2,1H3/b9-3+. The summed E-state index contributed by atoms with van der Waals surface area (Å²) in [6.45, 7) is 2.07. The molecule has 0 aliphatic heterocycles. The first-order valence-corrected chi connectivity index (χ1v) is 3.71. The van der Waals surface area contributed by atoms with E-state index in [2.05, 4.69) is 13.0 Å². The zero-order valence-corrected chi connectivity index (χ0v) is 6.58. The van der Waals surface area contributed by atoms with Crippen LogP contribution in [0.1, 0.15) is 13.3 Å². The lowest BCUT2D eigenvalue weighted by atomic mass is 10.3. The third-order valence-electron chi connectivity index (χ3n) is 1.21. The predicted molar refractivity (Wildman–Crippen MR) is 45.3 cm³/mol. The number of hydrogen-bond acceptors (Lipinski definition) is 1. The Morgan fingerprint density at radius 2 is 2.55 bits per heavy atom. The minimum Gasteiger partial charge on any atom is -0.465 e. The number of hydrogen-bond donors (Lipinski definition) is 0. The summed E-state index contributed by atoms with van der Waals surface area (Å²) in [6.07, 6.45) is 4.66. The van der Waals surface area contributed by atoms with Gasteiger partial charge >= 0.3 is 0 Å². The fourth-order valence-corrected chi connectivity index (χ4v) is 0.673. The molecule has 0 amide bonds. The van der Waals surface area contributed by atoms with Crippen LogP contribution in [0.25, 0.3) is 0 Å². The van der Waals surface area contributed by atoms with Gasteiger partial charge in [0.05, 0.1) is 6.26 Å². The van der Waals surface area contributed by atoms with E-state index < -0.39 is 0 Å². The molecule has 1 heteroatoms. The first kappa shape index (κ1) is 7.86. The molecule has 1 aromatic rings. The van der Waals surface area contributed by atoms with Gasteiger partial charge in [-0.15, -0.1) is 0 Å². The molecule has 0 N–H and O–H groups in total. The van der Waals surface area contributed by atoms with Gasteiger partial charge in [-0.2, -0.15) is 0 Å². The largest absolute Gasteiger partial charge is 0.465 e. The minimum absolute atomic E-state index is 0.831. The Hall–Kier alpha value is -1.24. The van der Waals surface area contributed by atoms with Crippen molar-refractivity contribution in [2.24, 2.45) is 0 Å². The van der Waals surface area contributed by atoms with Gasteiger partial charge in [0, 0.05) is 0 Å². The minimum atomic E-state index is 0.831. The van der Waals surface area contributed by atoms with Gasteiger partial charge in [-0.25, -0.2) is 0 Å². The van der Waals surface area contributed by atoms with Gasteiger partial charge < -0.3 is 4.74 Å². The van der Waals surface area contributed by atoms with Crippen LogP contribution in [-0.4, -0.2) is 0 Å². The van der Waals surface area contributed by atoms with Crippen LogP contribution in [0.2, 0.25) is 0 Å². The highest BCUT2D eigenvalue weighted by Crippen LogP contribution is 2.07. The number of benzene rings is 1. The van der Waals surface area contributed by atoms with Crippen LogP contribution in [0.4, 0.5) is 0 Å². The Morgan fingerprint density at radius 1 is 1.64 bits per heavy atom. The van der Waals surface area contributed by atoms with Crippen LogP contribution in [0.3, 0.4) is 0 Å². The van der Waals surface area contributed by atoms with Crippen LogP contribution < -0.4 is 4.74 Å². The van der Waals surface area contributed by atoms with Crippen molar-refractivity contribution < 1.29 is 4.74 Å². The van der Waals surface area contributed by atoms with Gasteiger partial charge in [-0.1, -0.05) is 19.1 Å². The van der Waals surface area contributed by atoms with E-state index in [1.807, 2.05) is 24.3 Å². The molecule has 1 radical (unpaired) electrons. The third kappa shape index (κ3) is 2.89. The highest BCUT2D eigenvalue weighted by Gasteiger charge is 1.84. The van der Waals surface area contributed by atoms with Gasteiger partial charge in [0.1, 0.15) is 5.75 Å². The molecule has 1 aromatic carbocycles. The highest BCUT2D eigenvalue weighted by molar-refractivity contribution is 5.20. The summed E-state index contributed by atoms with van der Waals surface area (Å²) >= 11 is 0. The molecule has 0 unspecified atom stereocenters. The van der Waals surface area contributed by atoms with Gasteiger partial charge in [-0.05, 0) is 30.7 Å². The molecular formula is C10H11O. The van der Waals surface area contributed by atoms with Crippen molar-refractivity contribution in [2.45, 2.75) is 13.3 Å². The second-order valence-corrected chi connectivity index (χ2v) is 2.14. The van der Waals surface area contributed by atoms with Gasteiger partial charge in [0.15, 0.2) is 0 Å². The van der Waals surface area contributed by atoms with Gasteiger partial charge in [0.25, 0.3) is 0 Å². The Bertz CT molecular complexity index is 214. The normalized spacial score (nSPS) is 10.3. The summed E-state index contributed by atoms with van der Waals surface area (Å²) in [7, 11) is 0. The van der Waals surface area contributed by atoms with E-state index in [1.165, 1.54) is 0 Å². The smallest absolute Gasteiger partial charge is 0.127 e. The molecule has 0 bridgehead atoms. The molecule has 0 aliphatic rings. The molecule has 1 rings (SSSR count). The Balaban J connectivity index is 2.45. The summed E-state index contributed by atoms with van der Waals surface area (Å²) in [5, 5.41) is 0. The molecule has 57 valence electrons. The zero-order chi connectivity index (χ0) is 7.94. The fraction of sp³-hybridized carbons (Fsp3) is 0.200. The molecule has 0 spiro atoms.